The number of esters is 1. The molecule has 7 nitrogen and oxygen atoms in total. The molecule has 3 atom stereocenters. The van der Waals surface area contributed by atoms with Crippen molar-refractivity contribution < 1.29 is 23.9 Å². The number of imide groups is 1. The summed E-state index contributed by atoms with van der Waals surface area (Å²) in [7, 11) is 0. The van der Waals surface area contributed by atoms with Gasteiger partial charge in [-0.05, 0) is 31.5 Å². The van der Waals surface area contributed by atoms with E-state index >= 15 is 0 Å². The Morgan fingerprint density at radius 1 is 0.968 bits per heavy atom. The van der Waals surface area contributed by atoms with Crippen LogP contribution in [0.15, 0.2) is 54.6 Å². The first kappa shape index (κ1) is 19.8. The lowest BCUT2D eigenvalue weighted by Crippen LogP contribution is -2.71. The molecule has 0 N–H and O–H groups in total. The van der Waals surface area contributed by atoms with E-state index in [2.05, 4.69) is 0 Å². The molecule has 3 amide bonds. The quantitative estimate of drug-likeness (QED) is 0.416. The Morgan fingerprint density at radius 3 is 2.16 bits per heavy atom. The number of rotatable bonds is 4. The van der Waals surface area contributed by atoms with Crippen LogP contribution in [0.4, 0.5) is 0 Å². The van der Waals surface area contributed by atoms with Gasteiger partial charge in [0, 0.05) is 4.75 Å². The number of β-lactam (4-membered cyclic amide) rings is 1. The molecule has 2 aromatic rings. The van der Waals surface area contributed by atoms with Gasteiger partial charge in [-0.3, -0.25) is 19.3 Å². The third kappa shape index (κ3) is 2.89. The Hall–Kier alpha value is -3.13. The minimum absolute atomic E-state index is 0.117. The van der Waals surface area contributed by atoms with Crippen molar-refractivity contribution in [3.63, 3.8) is 0 Å². The molecule has 3 aliphatic heterocycles. The summed E-state index contributed by atoms with van der Waals surface area (Å²) in [5, 5.41) is -0.473. The van der Waals surface area contributed by atoms with Crippen LogP contribution in [-0.2, 0) is 20.9 Å². The average molecular weight is 436 g/mol. The van der Waals surface area contributed by atoms with Crippen LogP contribution in [0, 0.1) is 0 Å². The third-order valence-electron chi connectivity index (χ3n) is 5.96. The number of hydrogen-bond donors (Lipinski definition) is 0. The maximum atomic E-state index is 13.1. The fraction of sp³-hybridized carbons (Fsp3) is 0.304. The van der Waals surface area contributed by atoms with Gasteiger partial charge < -0.3 is 9.64 Å². The molecule has 31 heavy (non-hydrogen) atoms. The van der Waals surface area contributed by atoms with Gasteiger partial charge in [-0.15, -0.1) is 11.8 Å². The lowest BCUT2D eigenvalue weighted by atomic mass is 9.95. The fourth-order valence-corrected chi connectivity index (χ4v) is 6.15. The second-order valence-electron chi connectivity index (χ2n) is 8.32. The minimum atomic E-state index is -0.913. The van der Waals surface area contributed by atoms with E-state index in [0.29, 0.717) is 11.1 Å². The van der Waals surface area contributed by atoms with Crippen molar-refractivity contribution >= 4 is 35.5 Å². The number of ether oxygens (including phenoxy) is 1. The molecular formula is C23H20N2O5S. The molecule has 3 heterocycles. The summed E-state index contributed by atoms with van der Waals surface area (Å²) in [6, 6.07) is 14.2. The van der Waals surface area contributed by atoms with Crippen LogP contribution in [-0.4, -0.2) is 55.7 Å². The third-order valence-corrected chi connectivity index (χ3v) is 7.52. The van der Waals surface area contributed by atoms with Gasteiger partial charge in [0.2, 0.25) is 0 Å². The highest BCUT2D eigenvalue weighted by molar-refractivity contribution is 8.01. The molecule has 3 unspecified atom stereocenters. The van der Waals surface area contributed by atoms with Gasteiger partial charge in [0.1, 0.15) is 24.1 Å². The first-order chi connectivity index (χ1) is 14.8. The fourth-order valence-electron chi connectivity index (χ4n) is 4.48. The number of benzene rings is 2. The van der Waals surface area contributed by atoms with Crippen molar-refractivity contribution in [1.82, 2.24) is 9.80 Å². The Balaban J connectivity index is 1.36. The highest BCUT2D eigenvalue weighted by atomic mass is 32.2. The summed E-state index contributed by atoms with van der Waals surface area (Å²) >= 11 is 1.42. The van der Waals surface area contributed by atoms with Crippen LogP contribution >= 0.6 is 11.8 Å². The monoisotopic (exact) mass is 436 g/mol. The summed E-state index contributed by atoms with van der Waals surface area (Å²) < 4.78 is 4.89. The highest BCUT2D eigenvalue weighted by Gasteiger charge is 2.67. The Kier molecular flexibility index (Phi) is 4.44. The minimum Gasteiger partial charge on any atom is -0.459 e. The Labute approximate surface area is 183 Å². The second-order valence-corrected chi connectivity index (χ2v) is 10.1. The number of nitrogens with zero attached hydrogens (tertiary/aromatic N) is 2. The molecule has 2 fully saturated rings. The zero-order valence-corrected chi connectivity index (χ0v) is 17.8. The van der Waals surface area contributed by atoms with Gasteiger partial charge in [-0.25, -0.2) is 4.79 Å². The van der Waals surface area contributed by atoms with Crippen molar-refractivity contribution in [3.05, 3.63) is 71.3 Å². The topological polar surface area (TPSA) is 84.0 Å². The van der Waals surface area contributed by atoms with Crippen LogP contribution in [0.5, 0.6) is 0 Å². The summed E-state index contributed by atoms with van der Waals surface area (Å²) in [6.07, 6.45) is 0. The summed E-state index contributed by atoms with van der Waals surface area (Å²) in [4.78, 5) is 54.2. The smallest absolute Gasteiger partial charge is 0.330 e. The molecule has 0 bridgehead atoms. The molecule has 0 radical (unpaired) electrons. The summed E-state index contributed by atoms with van der Waals surface area (Å²) in [5.74, 6) is -1.82. The lowest BCUT2D eigenvalue weighted by molar-refractivity contribution is -0.166. The first-order valence-electron chi connectivity index (χ1n) is 9.99. The van der Waals surface area contributed by atoms with Gasteiger partial charge >= 0.3 is 5.97 Å². The van der Waals surface area contributed by atoms with E-state index in [1.165, 1.54) is 16.7 Å². The Morgan fingerprint density at radius 2 is 1.55 bits per heavy atom. The molecular weight excluding hydrogens is 416 g/mol. The van der Waals surface area contributed by atoms with E-state index in [1.807, 2.05) is 44.2 Å². The van der Waals surface area contributed by atoms with Crippen LogP contribution in [0.25, 0.3) is 0 Å². The predicted molar refractivity (Wildman–Crippen MR) is 113 cm³/mol. The SMILES string of the molecule is CC1(C)SC2C(N3C(=O)c4ccccc4C3=O)C(=O)N2C1C(=O)OCc1ccccc1. The van der Waals surface area contributed by atoms with Crippen molar-refractivity contribution in [1.29, 1.82) is 0 Å². The van der Waals surface area contributed by atoms with Crippen LogP contribution in [0.3, 0.4) is 0 Å². The van der Waals surface area contributed by atoms with Gasteiger partial charge in [-0.2, -0.15) is 0 Å². The van der Waals surface area contributed by atoms with E-state index in [4.69, 9.17) is 4.74 Å². The maximum absolute atomic E-state index is 13.1. The number of carbonyl (C=O) groups excluding carboxylic acids is 4. The summed E-state index contributed by atoms with van der Waals surface area (Å²) in [6.45, 7) is 3.86. The van der Waals surface area contributed by atoms with E-state index in [0.717, 1.165) is 10.5 Å². The van der Waals surface area contributed by atoms with Gasteiger partial charge in [-0.1, -0.05) is 42.5 Å². The number of hydrogen-bond acceptors (Lipinski definition) is 6. The second kappa shape index (κ2) is 6.95. The zero-order valence-electron chi connectivity index (χ0n) is 17.0. The molecule has 0 spiro atoms. The largest absolute Gasteiger partial charge is 0.459 e. The number of carbonyl (C=O) groups is 4. The van der Waals surface area contributed by atoms with Gasteiger partial charge in [0.25, 0.3) is 17.7 Å². The van der Waals surface area contributed by atoms with Crippen molar-refractivity contribution in [3.8, 4) is 0 Å². The zero-order chi connectivity index (χ0) is 21.9. The molecule has 5 rings (SSSR count). The molecule has 8 heteroatoms. The number of amides is 3. The maximum Gasteiger partial charge on any atom is 0.330 e. The van der Waals surface area contributed by atoms with Crippen LogP contribution in [0.2, 0.25) is 0 Å². The van der Waals surface area contributed by atoms with Crippen molar-refractivity contribution in [2.75, 3.05) is 0 Å². The average Bonchev–Trinajstić information content (AvgIpc) is 3.16. The molecule has 2 saturated heterocycles. The molecule has 0 aromatic heterocycles. The summed E-state index contributed by atoms with van der Waals surface area (Å²) in [5.41, 5.74) is 1.47. The molecule has 0 saturated carbocycles. The molecule has 158 valence electrons. The number of thioether (sulfide) groups is 1. The van der Waals surface area contributed by atoms with Crippen LogP contribution in [0.1, 0.15) is 40.1 Å². The highest BCUT2D eigenvalue weighted by Crippen LogP contribution is 2.53. The first-order valence-corrected chi connectivity index (χ1v) is 10.9. The normalized spacial score (nSPS) is 25.9. The van der Waals surface area contributed by atoms with Gasteiger partial charge in [0.05, 0.1) is 11.1 Å². The van der Waals surface area contributed by atoms with Crippen LogP contribution < -0.4 is 0 Å². The predicted octanol–water partition coefficient (Wildman–Crippen LogP) is 2.46. The molecule has 2 aromatic carbocycles. The Bertz CT molecular complexity index is 1080. The standard InChI is InChI=1S/C23H20N2O5S/c1-23(2)17(22(29)30-12-13-8-4-3-5-9-13)25-20(28)16(21(25)31-23)24-18(26)14-10-6-7-11-15(14)19(24)27/h3-11,16-17,21H,12H2,1-2H3. The van der Waals surface area contributed by atoms with E-state index in [9.17, 15) is 19.2 Å². The molecule has 3 aliphatic rings. The van der Waals surface area contributed by atoms with E-state index < -0.39 is 45.9 Å². The van der Waals surface area contributed by atoms with Crippen molar-refractivity contribution in [2.45, 2.75) is 42.7 Å². The lowest BCUT2D eigenvalue weighted by Gasteiger charge is -2.46. The van der Waals surface area contributed by atoms with Gasteiger partial charge in [0.15, 0.2) is 0 Å². The molecule has 0 aliphatic carbocycles. The van der Waals surface area contributed by atoms with Crippen molar-refractivity contribution in [2.24, 2.45) is 0 Å². The van der Waals surface area contributed by atoms with E-state index in [-0.39, 0.29) is 6.61 Å². The van der Waals surface area contributed by atoms with E-state index in [1.54, 1.807) is 24.3 Å². The number of fused-ring (bicyclic) bond motifs is 2.